The molecule has 0 saturated heterocycles. The molecule has 0 aliphatic heterocycles. The average Bonchev–Trinajstić information content (AvgIpc) is 2.20. The van der Waals surface area contributed by atoms with Crippen LogP contribution in [0, 0.1) is 6.92 Å². The second-order valence-electron chi connectivity index (χ2n) is 4.86. The SMILES string of the molecule is CNS(=O)(=O)NC(C)(C)Cc1ccc(C)cc1. The molecule has 0 atom stereocenters. The lowest BCUT2D eigenvalue weighted by Gasteiger charge is -2.25. The normalized spacial score (nSPS) is 12.7. The lowest BCUT2D eigenvalue weighted by Crippen LogP contribution is -2.49. The van der Waals surface area contributed by atoms with Gasteiger partial charge in [-0.25, -0.2) is 4.72 Å². The van der Waals surface area contributed by atoms with E-state index in [0.717, 1.165) is 5.56 Å². The second kappa shape index (κ2) is 5.16. The fraction of sp³-hybridized carbons (Fsp3) is 0.500. The summed E-state index contributed by atoms with van der Waals surface area (Å²) in [5, 5.41) is 0. The van der Waals surface area contributed by atoms with Gasteiger partial charge in [-0.1, -0.05) is 29.8 Å². The largest absolute Gasteiger partial charge is 0.277 e. The molecule has 2 N–H and O–H groups in total. The summed E-state index contributed by atoms with van der Waals surface area (Å²) >= 11 is 0. The number of rotatable bonds is 5. The molecule has 0 aliphatic rings. The van der Waals surface area contributed by atoms with E-state index in [1.165, 1.54) is 12.6 Å². The monoisotopic (exact) mass is 256 g/mol. The Bertz CT molecular complexity index is 464. The van der Waals surface area contributed by atoms with Gasteiger partial charge >= 0.3 is 0 Å². The average molecular weight is 256 g/mol. The van der Waals surface area contributed by atoms with Crippen LogP contribution in [0.2, 0.25) is 0 Å². The smallest absolute Gasteiger partial charge is 0.205 e. The van der Waals surface area contributed by atoms with E-state index >= 15 is 0 Å². The standard InChI is InChI=1S/C12H20N2O2S/c1-10-5-7-11(8-6-10)9-12(2,3)14-17(15,16)13-4/h5-8,13-14H,9H2,1-4H3. The summed E-state index contributed by atoms with van der Waals surface area (Å²) in [6.45, 7) is 5.75. The number of aryl methyl sites for hydroxylation is 1. The first-order valence-corrected chi connectivity index (χ1v) is 7.00. The number of hydrogen-bond acceptors (Lipinski definition) is 2. The second-order valence-corrected chi connectivity index (χ2v) is 6.48. The zero-order valence-electron chi connectivity index (χ0n) is 10.7. The Morgan fingerprint density at radius 3 is 2.18 bits per heavy atom. The molecule has 0 aliphatic carbocycles. The molecule has 5 heteroatoms. The molecule has 1 rings (SSSR count). The lowest BCUT2D eigenvalue weighted by atomic mass is 9.96. The molecule has 0 unspecified atom stereocenters. The van der Waals surface area contributed by atoms with Crippen molar-refractivity contribution in [1.29, 1.82) is 0 Å². The van der Waals surface area contributed by atoms with E-state index in [9.17, 15) is 8.42 Å². The van der Waals surface area contributed by atoms with E-state index in [1.54, 1.807) is 0 Å². The van der Waals surface area contributed by atoms with Crippen LogP contribution in [0.15, 0.2) is 24.3 Å². The van der Waals surface area contributed by atoms with E-state index < -0.39 is 15.7 Å². The first kappa shape index (κ1) is 14.2. The molecule has 1 aromatic carbocycles. The minimum atomic E-state index is -3.41. The van der Waals surface area contributed by atoms with E-state index in [-0.39, 0.29) is 0 Å². The Balaban J connectivity index is 2.76. The topological polar surface area (TPSA) is 58.2 Å². The minimum absolute atomic E-state index is 0.517. The van der Waals surface area contributed by atoms with Gasteiger partial charge in [0, 0.05) is 12.6 Å². The van der Waals surface area contributed by atoms with E-state index in [0.29, 0.717) is 6.42 Å². The van der Waals surface area contributed by atoms with Crippen LogP contribution in [0.1, 0.15) is 25.0 Å². The van der Waals surface area contributed by atoms with E-state index in [4.69, 9.17) is 0 Å². The molecular weight excluding hydrogens is 236 g/mol. The van der Waals surface area contributed by atoms with Crippen molar-refractivity contribution in [1.82, 2.24) is 9.44 Å². The van der Waals surface area contributed by atoms with Gasteiger partial charge in [-0.15, -0.1) is 0 Å². The molecule has 17 heavy (non-hydrogen) atoms. The van der Waals surface area contributed by atoms with Crippen LogP contribution in [0.25, 0.3) is 0 Å². The summed E-state index contributed by atoms with van der Waals surface area (Å²) < 4.78 is 27.7. The highest BCUT2D eigenvalue weighted by Crippen LogP contribution is 2.14. The maximum Gasteiger partial charge on any atom is 0.277 e. The summed E-state index contributed by atoms with van der Waals surface area (Å²) in [7, 11) is -2.01. The summed E-state index contributed by atoms with van der Waals surface area (Å²) in [5.74, 6) is 0. The van der Waals surface area contributed by atoms with Crippen LogP contribution in [-0.2, 0) is 16.6 Å². The molecule has 0 heterocycles. The third-order valence-corrected chi connectivity index (χ3v) is 3.80. The highest BCUT2D eigenvalue weighted by molar-refractivity contribution is 7.87. The van der Waals surface area contributed by atoms with Gasteiger partial charge in [-0.05, 0) is 32.8 Å². The number of nitrogens with one attached hydrogen (secondary N) is 2. The van der Waals surface area contributed by atoms with Gasteiger partial charge in [-0.3, -0.25) is 0 Å². The first-order valence-electron chi connectivity index (χ1n) is 5.52. The molecule has 0 fully saturated rings. The first-order chi connectivity index (χ1) is 7.74. The van der Waals surface area contributed by atoms with Gasteiger partial charge in [0.15, 0.2) is 0 Å². The maximum absolute atomic E-state index is 11.4. The fourth-order valence-electron chi connectivity index (χ4n) is 1.67. The van der Waals surface area contributed by atoms with E-state index in [2.05, 4.69) is 9.44 Å². The van der Waals surface area contributed by atoms with Gasteiger partial charge < -0.3 is 0 Å². The Morgan fingerprint density at radius 1 is 1.18 bits per heavy atom. The van der Waals surface area contributed by atoms with Crippen molar-refractivity contribution in [3.8, 4) is 0 Å². The van der Waals surface area contributed by atoms with Crippen LogP contribution in [-0.4, -0.2) is 21.0 Å². The van der Waals surface area contributed by atoms with Crippen LogP contribution in [0.5, 0.6) is 0 Å². The van der Waals surface area contributed by atoms with Gasteiger partial charge in [0.05, 0.1) is 0 Å². The predicted molar refractivity (Wildman–Crippen MR) is 70.1 cm³/mol. The fourth-order valence-corrected chi connectivity index (χ4v) is 2.57. The third-order valence-electron chi connectivity index (χ3n) is 2.45. The predicted octanol–water partition coefficient (Wildman–Crippen LogP) is 1.37. The quantitative estimate of drug-likeness (QED) is 0.836. The summed E-state index contributed by atoms with van der Waals surface area (Å²) in [4.78, 5) is 0. The van der Waals surface area contributed by atoms with Crippen molar-refractivity contribution in [3.05, 3.63) is 35.4 Å². The number of benzene rings is 1. The Morgan fingerprint density at radius 2 is 1.71 bits per heavy atom. The van der Waals surface area contributed by atoms with Crippen LogP contribution < -0.4 is 9.44 Å². The van der Waals surface area contributed by atoms with Crippen molar-refractivity contribution in [2.45, 2.75) is 32.7 Å². The highest BCUT2D eigenvalue weighted by Gasteiger charge is 2.23. The summed E-state index contributed by atoms with van der Waals surface area (Å²) in [5.41, 5.74) is 1.79. The molecule has 0 spiro atoms. The highest BCUT2D eigenvalue weighted by atomic mass is 32.2. The van der Waals surface area contributed by atoms with Crippen LogP contribution in [0.4, 0.5) is 0 Å². The Labute approximate surface area is 104 Å². The van der Waals surface area contributed by atoms with Crippen molar-refractivity contribution < 1.29 is 8.42 Å². The summed E-state index contributed by atoms with van der Waals surface area (Å²) in [6.07, 6.45) is 0.647. The van der Waals surface area contributed by atoms with Crippen LogP contribution >= 0.6 is 0 Å². The van der Waals surface area contributed by atoms with Crippen LogP contribution in [0.3, 0.4) is 0 Å². The molecule has 96 valence electrons. The van der Waals surface area contributed by atoms with Crippen molar-refractivity contribution in [2.75, 3.05) is 7.05 Å². The van der Waals surface area contributed by atoms with E-state index in [1.807, 2.05) is 45.0 Å². The molecule has 0 bridgehead atoms. The number of hydrogen-bond donors (Lipinski definition) is 2. The van der Waals surface area contributed by atoms with Gasteiger partial charge in [0.1, 0.15) is 0 Å². The molecule has 1 aromatic rings. The molecule has 0 amide bonds. The van der Waals surface area contributed by atoms with Gasteiger partial charge in [0.2, 0.25) is 0 Å². The van der Waals surface area contributed by atoms with Crippen molar-refractivity contribution in [3.63, 3.8) is 0 Å². The zero-order valence-corrected chi connectivity index (χ0v) is 11.6. The van der Waals surface area contributed by atoms with Gasteiger partial charge in [-0.2, -0.15) is 13.1 Å². The summed E-state index contributed by atoms with van der Waals surface area (Å²) in [6, 6.07) is 8.09. The van der Waals surface area contributed by atoms with Gasteiger partial charge in [0.25, 0.3) is 10.2 Å². The molecule has 0 aromatic heterocycles. The molecule has 0 saturated carbocycles. The third kappa shape index (κ3) is 4.85. The molecular formula is C12H20N2O2S. The lowest BCUT2D eigenvalue weighted by molar-refractivity contribution is 0.447. The minimum Gasteiger partial charge on any atom is -0.205 e. The van der Waals surface area contributed by atoms with Crippen molar-refractivity contribution >= 4 is 10.2 Å². The van der Waals surface area contributed by atoms with Crippen molar-refractivity contribution in [2.24, 2.45) is 0 Å². The zero-order chi connectivity index (χ0) is 13.1. The molecule has 0 radical (unpaired) electrons. The molecule has 4 nitrogen and oxygen atoms in total. The maximum atomic E-state index is 11.4. The Hall–Kier alpha value is -0.910. The Kier molecular flexibility index (Phi) is 4.30.